The highest BCUT2D eigenvalue weighted by Crippen LogP contribution is 2.28. The molecule has 2 atom stereocenters. The molecule has 7 heteroatoms. The van der Waals surface area contributed by atoms with Crippen molar-refractivity contribution >= 4 is 11.6 Å². The van der Waals surface area contributed by atoms with Crippen LogP contribution in [0.2, 0.25) is 0 Å². The van der Waals surface area contributed by atoms with Gasteiger partial charge in [0.25, 0.3) is 5.78 Å². The minimum Gasteiger partial charge on any atom is -0.381 e. The van der Waals surface area contributed by atoms with Gasteiger partial charge in [-0.1, -0.05) is 30.3 Å². The summed E-state index contributed by atoms with van der Waals surface area (Å²) in [5.41, 5.74) is 2.05. The average Bonchev–Trinajstić information content (AvgIpc) is 3.16. The maximum Gasteiger partial charge on any atom is 0.254 e. The van der Waals surface area contributed by atoms with Gasteiger partial charge in [-0.2, -0.15) is 14.6 Å². The van der Waals surface area contributed by atoms with Crippen LogP contribution in [-0.4, -0.2) is 44.9 Å². The second kappa shape index (κ2) is 8.02. The highest BCUT2D eigenvalue weighted by Gasteiger charge is 2.26. The molecule has 0 amide bonds. The first-order chi connectivity index (χ1) is 13.2. The molecule has 7 nitrogen and oxygen atoms in total. The third-order valence-electron chi connectivity index (χ3n) is 4.85. The molecule has 1 aromatic carbocycles. The second-order valence-corrected chi connectivity index (χ2v) is 6.97. The fourth-order valence-corrected chi connectivity index (χ4v) is 3.49. The summed E-state index contributed by atoms with van der Waals surface area (Å²) in [6.07, 6.45) is 3.50. The summed E-state index contributed by atoms with van der Waals surface area (Å²) in [7, 11) is 0. The van der Waals surface area contributed by atoms with E-state index in [9.17, 15) is 0 Å². The molecule has 1 aliphatic rings. The number of ether oxygens (including phenoxy) is 2. The van der Waals surface area contributed by atoms with Crippen molar-refractivity contribution in [2.75, 3.05) is 18.5 Å². The summed E-state index contributed by atoms with van der Waals surface area (Å²) in [5.74, 6) is 1.45. The van der Waals surface area contributed by atoms with Gasteiger partial charge in [-0.25, -0.2) is 4.98 Å². The first kappa shape index (κ1) is 17.9. The van der Waals surface area contributed by atoms with Crippen molar-refractivity contribution in [3.63, 3.8) is 0 Å². The molecule has 2 unspecified atom stereocenters. The highest BCUT2D eigenvalue weighted by molar-refractivity contribution is 5.45. The van der Waals surface area contributed by atoms with E-state index in [1.165, 1.54) is 6.33 Å². The average molecular weight is 367 g/mol. The van der Waals surface area contributed by atoms with Crippen molar-refractivity contribution in [3.05, 3.63) is 54.0 Å². The topological polar surface area (TPSA) is 73.6 Å². The Morgan fingerprint density at radius 2 is 2.00 bits per heavy atom. The van der Waals surface area contributed by atoms with Crippen LogP contribution < -0.4 is 5.32 Å². The van der Waals surface area contributed by atoms with Gasteiger partial charge < -0.3 is 14.8 Å². The van der Waals surface area contributed by atoms with Crippen LogP contribution in [0.1, 0.15) is 37.1 Å². The van der Waals surface area contributed by atoms with Crippen LogP contribution in [0.4, 0.5) is 5.82 Å². The number of hydrogen-bond donors (Lipinski definition) is 1. The predicted octanol–water partition coefficient (Wildman–Crippen LogP) is 3.17. The fraction of sp³-hybridized carbons (Fsp3) is 0.450. The Bertz CT molecular complexity index is 876. The molecule has 3 aromatic rings. The Balaban J connectivity index is 1.59. The lowest BCUT2D eigenvalue weighted by Crippen LogP contribution is -2.33. The highest BCUT2D eigenvalue weighted by atomic mass is 16.5. The molecular weight excluding hydrogens is 342 g/mol. The zero-order valence-corrected chi connectivity index (χ0v) is 15.7. The van der Waals surface area contributed by atoms with E-state index in [0.29, 0.717) is 5.78 Å². The molecule has 0 radical (unpaired) electrons. The molecule has 0 bridgehead atoms. The van der Waals surface area contributed by atoms with Gasteiger partial charge in [0, 0.05) is 25.0 Å². The monoisotopic (exact) mass is 367 g/mol. The number of benzene rings is 1. The largest absolute Gasteiger partial charge is 0.381 e. The molecule has 0 saturated carbocycles. The molecule has 4 rings (SSSR count). The van der Waals surface area contributed by atoms with Gasteiger partial charge in [0.05, 0.1) is 12.1 Å². The predicted molar refractivity (Wildman–Crippen MR) is 103 cm³/mol. The number of nitrogens with one attached hydrogen (secondary N) is 1. The van der Waals surface area contributed by atoms with Crippen molar-refractivity contribution in [1.82, 2.24) is 19.6 Å². The lowest BCUT2D eigenvalue weighted by Gasteiger charge is -2.32. The van der Waals surface area contributed by atoms with Gasteiger partial charge >= 0.3 is 0 Å². The second-order valence-electron chi connectivity index (χ2n) is 6.97. The van der Waals surface area contributed by atoms with Crippen molar-refractivity contribution in [2.45, 2.75) is 44.9 Å². The summed E-state index contributed by atoms with van der Waals surface area (Å²) in [5, 5.41) is 7.85. The van der Waals surface area contributed by atoms with Crippen LogP contribution in [0, 0.1) is 6.92 Å². The first-order valence-electron chi connectivity index (χ1n) is 9.43. The molecule has 2 aromatic heterocycles. The van der Waals surface area contributed by atoms with E-state index in [1.807, 2.05) is 19.1 Å². The van der Waals surface area contributed by atoms with E-state index in [1.54, 1.807) is 4.52 Å². The molecule has 1 saturated heterocycles. The van der Waals surface area contributed by atoms with E-state index in [-0.39, 0.29) is 18.2 Å². The van der Waals surface area contributed by atoms with Crippen LogP contribution in [0.25, 0.3) is 5.78 Å². The molecule has 0 spiro atoms. The Morgan fingerprint density at radius 1 is 1.22 bits per heavy atom. The van der Waals surface area contributed by atoms with Crippen molar-refractivity contribution in [1.29, 1.82) is 0 Å². The van der Waals surface area contributed by atoms with E-state index >= 15 is 0 Å². The van der Waals surface area contributed by atoms with Gasteiger partial charge in [0.15, 0.2) is 0 Å². The number of hydrogen-bond acceptors (Lipinski definition) is 6. The lowest BCUT2D eigenvalue weighted by molar-refractivity contribution is -0.0739. The van der Waals surface area contributed by atoms with Crippen molar-refractivity contribution in [2.24, 2.45) is 0 Å². The molecule has 1 aliphatic heterocycles. The summed E-state index contributed by atoms with van der Waals surface area (Å²) in [6, 6.07) is 12.4. The maximum absolute atomic E-state index is 6.53. The van der Waals surface area contributed by atoms with Gasteiger partial charge in [0.2, 0.25) is 0 Å². The van der Waals surface area contributed by atoms with Gasteiger partial charge in [0.1, 0.15) is 18.2 Å². The molecule has 0 aliphatic carbocycles. The molecule has 27 heavy (non-hydrogen) atoms. The number of nitrogens with zero attached hydrogens (tertiary/aromatic N) is 4. The van der Waals surface area contributed by atoms with Crippen molar-refractivity contribution < 1.29 is 9.47 Å². The molecule has 142 valence electrons. The van der Waals surface area contributed by atoms with Gasteiger partial charge in [-0.05, 0) is 32.3 Å². The normalized spacial score (nSPS) is 17.7. The van der Waals surface area contributed by atoms with Crippen molar-refractivity contribution in [3.8, 4) is 0 Å². The Kier molecular flexibility index (Phi) is 5.31. The summed E-state index contributed by atoms with van der Waals surface area (Å²) in [6.45, 7) is 5.61. The molecular formula is C20H25N5O2. The van der Waals surface area contributed by atoms with E-state index < -0.39 is 0 Å². The van der Waals surface area contributed by atoms with Gasteiger partial charge in [-0.15, -0.1) is 0 Å². The Morgan fingerprint density at radius 3 is 2.78 bits per heavy atom. The smallest absolute Gasteiger partial charge is 0.254 e. The van der Waals surface area contributed by atoms with Crippen LogP contribution in [0.5, 0.6) is 0 Å². The zero-order valence-electron chi connectivity index (χ0n) is 15.7. The van der Waals surface area contributed by atoms with E-state index in [2.05, 4.69) is 51.6 Å². The van der Waals surface area contributed by atoms with Crippen LogP contribution in [0.15, 0.2) is 42.7 Å². The number of aryl methyl sites for hydroxylation is 1. The number of rotatable bonds is 6. The number of anilines is 1. The SMILES string of the molecule is Cc1cc(NC(C)C(OC2CCOCC2)c2ccccc2)n2ncnc2n1. The zero-order chi connectivity index (χ0) is 18.6. The van der Waals surface area contributed by atoms with E-state index in [4.69, 9.17) is 9.47 Å². The summed E-state index contributed by atoms with van der Waals surface area (Å²) >= 11 is 0. The molecule has 1 fully saturated rings. The summed E-state index contributed by atoms with van der Waals surface area (Å²) in [4.78, 5) is 8.60. The molecule has 3 heterocycles. The van der Waals surface area contributed by atoms with Crippen LogP contribution in [-0.2, 0) is 9.47 Å². The Labute approximate surface area is 158 Å². The Hall–Kier alpha value is -2.51. The first-order valence-corrected chi connectivity index (χ1v) is 9.43. The maximum atomic E-state index is 6.53. The third kappa shape index (κ3) is 4.09. The minimum atomic E-state index is -0.0821. The number of fused-ring (bicyclic) bond motifs is 1. The number of aromatic nitrogens is 4. The third-order valence-corrected chi connectivity index (χ3v) is 4.85. The molecule has 1 N–H and O–H groups in total. The lowest BCUT2D eigenvalue weighted by atomic mass is 10.0. The van der Waals surface area contributed by atoms with E-state index in [0.717, 1.165) is 43.1 Å². The van der Waals surface area contributed by atoms with Crippen LogP contribution in [0.3, 0.4) is 0 Å². The van der Waals surface area contributed by atoms with Gasteiger partial charge in [-0.3, -0.25) is 0 Å². The standard InChI is InChI=1S/C20H25N5O2/c1-14-12-18(25-20(23-14)21-13-22-25)24-15(2)19(16-6-4-3-5-7-16)27-17-8-10-26-11-9-17/h3-7,12-13,15,17,19,24H,8-11H2,1-2H3. The fourth-order valence-electron chi connectivity index (χ4n) is 3.49. The quantitative estimate of drug-likeness (QED) is 0.721. The minimum absolute atomic E-state index is 0.0319. The summed E-state index contributed by atoms with van der Waals surface area (Å²) < 4.78 is 13.7. The van der Waals surface area contributed by atoms with Crippen LogP contribution >= 0.6 is 0 Å².